The van der Waals surface area contributed by atoms with Gasteiger partial charge in [0.15, 0.2) is 0 Å². The van der Waals surface area contributed by atoms with Gasteiger partial charge in [-0.3, -0.25) is 0 Å². The molecule has 1 heteroatoms. The summed E-state index contributed by atoms with van der Waals surface area (Å²) in [5.74, 6) is 5.36. The fraction of sp³-hybridized carbons (Fsp3) is 1.00. The van der Waals surface area contributed by atoms with Crippen molar-refractivity contribution in [2.45, 2.75) is 78.2 Å². The van der Waals surface area contributed by atoms with Gasteiger partial charge < -0.3 is 0 Å². The molecule has 0 saturated carbocycles. The molecule has 0 aliphatic carbocycles. The second-order valence-corrected chi connectivity index (χ2v) is 11.4. The molecule has 0 radical (unpaired) electrons. The molecule has 0 spiro atoms. The summed E-state index contributed by atoms with van der Waals surface area (Å²) in [6.45, 7) is 21.8. The van der Waals surface area contributed by atoms with Crippen LogP contribution in [0.4, 0.5) is 0 Å². The maximum atomic E-state index is 2.48. The molecule has 0 aromatic heterocycles. The van der Waals surface area contributed by atoms with Crippen LogP contribution in [0.5, 0.6) is 0 Å². The lowest BCUT2D eigenvalue weighted by Crippen LogP contribution is -2.26. The molecule has 0 N–H and O–H groups in total. The molecule has 19 heavy (non-hydrogen) atoms. The van der Waals surface area contributed by atoms with Gasteiger partial charge >= 0.3 is 0 Å². The van der Waals surface area contributed by atoms with E-state index >= 15 is 0 Å². The first-order valence-corrected chi connectivity index (χ1v) is 11.1. The van der Waals surface area contributed by atoms with E-state index in [1.807, 2.05) is 0 Å². The minimum absolute atomic E-state index is 0.576. The molecule has 114 valence electrons. The van der Waals surface area contributed by atoms with E-state index in [1.54, 1.807) is 15.8 Å². The smallest absolute Gasteiger partial charge is 0.0910 e. The average molecular weight is 282 g/mol. The third kappa shape index (κ3) is 8.42. The van der Waals surface area contributed by atoms with Gasteiger partial charge in [0.1, 0.15) is 0 Å². The third-order valence-electron chi connectivity index (χ3n) is 5.53. The molecular weight excluding hydrogens is 243 g/mol. The van der Waals surface area contributed by atoms with Gasteiger partial charge in [-0.15, -0.1) is 0 Å². The van der Waals surface area contributed by atoms with Crippen LogP contribution in [-0.4, -0.2) is 14.1 Å². The molecule has 0 aliphatic heterocycles. The largest absolute Gasteiger partial charge is 0.262 e. The normalized spacial score (nSPS) is 17.1. The van der Waals surface area contributed by atoms with E-state index in [0.717, 1.165) is 35.5 Å². The second kappa shape index (κ2) is 9.47. The SMILES string of the molecule is CC(C)[C@H](C)[CH2][Al]([CH2][C@@H](C)C(C)C)[CH2][C@@H](C)C(C)C. The van der Waals surface area contributed by atoms with E-state index in [-0.39, 0.29) is 0 Å². The fourth-order valence-corrected chi connectivity index (χ4v) is 8.05. The second-order valence-electron chi connectivity index (χ2n) is 8.24. The van der Waals surface area contributed by atoms with Gasteiger partial charge in [0.25, 0.3) is 14.1 Å². The van der Waals surface area contributed by atoms with Crippen LogP contribution in [0.3, 0.4) is 0 Å². The summed E-state index contributed by atoms with van der Waals surface area (Å²) in [5.41, 5.74) is 0. The highest BCUT2D eigenvalue weighted by Crippen LogP contribution is 2.29. The topological polar surface area (TPSA) is 0 Å². The van der Waals surface area contributed by atoms with Crippen molar-refractivity contribution in [3.8, 4) is 0 Å². The molecule has 0 amide bonds. The van der Waals surface area contributed by atoms with Crippen LogP contribution >= 0.6 is 0 Å². The highest BCUT2D eigenvalue weighted by molar-refractivity contribution is 6.59. The van der Waals surface area contributed by atoms with E-state index in [0.29, 0.717) is 0 Å². The first kappa shape index (κ1) is 19.5. The molecule has 0 bridgehead atoms. The molecule has 3 atom stereocenters. The summed E-state index contributed by atoms with van der Waals surface area (Å²) in [7, 11) is 0. The fourth-order valence-electron chi connectivity index (χ4n) is 2.68. The number of rotatable bonds is 9. The molecule has 0 aromatic carbocycles. The Kier molecular flexibility index (Phi) is 9.73. The van der Waals surface area contributed by atoms with Crippen LogP contribution in [0, 0.1) is 35.5 Å². The van der Waals surface area contributed by atoms with Gasteiger partial charge in [0.05, 0.1) is 0 Å². The highest BCUT2D eigenvalue weighted by atomic mass is 27.2. The van der Waals surface area contributed by atoms with Crippen molar-refractivity contribution < 1.29 is 0 Å². The summed E-state index contributed by atoms with van der Waals surface area (Å²) < 4.78 is 0. The van der Waals surface area contributed by atoms with E-state index in [9.17, 15) is 0 Å². The zero-order chi connectivity index (χ0) is 15.2. The van der Waals surface area contributed by atoms with Crippen molar-refractivity contribution in [3.05, 3.63) is 0 Å². The predicted molar refractivity (Wildman–Crippen MR) is 92.2 cm³/mol. The van der Waals surface area contributed by atoms with Crippen molar-refractivity contribution in [1.29, 1.82) is 0 Å². The summed E-state index contributed by atoms with van der Waals surface area (Å²) in [6, 6.07) is 0. The van der Waals surface area contributed by atoms with E-state index < -0.39 is 14.1 Å². The molecule has 0 aliphatic rings. The van der Waals surface area contributed by atoms with Crippen LogP contribution in [0.15, 0.2) is 0 Å². The number of hydrogen-bond donors (Lipinski definition) is 0. The van der Waals surface area contributed by atoms with E-state index in [2.05, 4.69) is 62.3 Å². The van der Waals surface area contributed by atoms with Crippen molar-refractivity contribution in [3.63, 3.8) is 0 Å². The molecular formula is C18H39Al. The van der Waals surface area contributed by atoms with Crippen molar-refractivity contribution in [2.24, 2.45) is 35.5 Å². The Morgan fingerprint density at radius 3 is 0.842 bits per heavy atom. The van der Waals surface area contributed by atoms with Crippen LogP contribution in [0.2, 0.25) is 15.8 Å². The standard InChI is InChI=1S/3C6H13.Al/c3*1-5(2)6(3)4;/h3*5-6H,1H2,2-4H3;/t3*5-;/m000./s1. The molecule has 0 fully saturated rings. The van der Waals surface area contributed by atoms with Gasteiger partial charge in [0, 0.05) is 0 Å². The minimum atomic E-state index is -0.576. The summed E-state index contributed by atoms with van der Waals surface area (Å²) in [5, 5.41) is 4.68. The molecule has 0 aromatic rings. The summed E-state index contributed by atoms with van der Waals surface area (Å²) >= 11 is -0.576. The third-order valence-corrected chi connectivity index (χ3v) is 9.76. The quantitative estimate of drug-likeness (QED) is 0.432. The van der Waals surface area contributed by atoms with E-state index in [1.165, 1.54) is 0 Å². The number of hydrogen-bond acceptors (Lipinski definition) is 0. The minimum Gasteiger partial charge on any atom is -0.0910 e. The van der Waals surface area contributed by atoms with E-state index in [4.69, 9.17) is 0 Å². The lowest BCUT2D eigenvalue weighted by Gasteiger charge is -2.27. The Hall–Kier alpha value is 0.532. The predicted octanol–water partition coefficient (Wildman–Crippen LogP) is 6.36. The Morgan fingerprint density at radius 2 is 0.684 bits per heavy atom. The molecule has 0 unspecified atom stereocenters. The molecule has 0 rings (SSSR count). The lowest BCUT2D eigenvalue weighted by atomic mass is 10.00. The monoisotopic (exact) mass is 282 g/mol. The van der Waals surface area contributed by atoms with Gasteiger partial charge in [-0.1, -0.05) is 95.9 Å². The zero-order valence-electron chi connectivity index (χ0n) is 15.2. The highest BCUT2D eigenvalue weighted by Gasteiger charge is 2.27. The average Bonchev–Trinajstić information content (AvgIpc) is 2.27. The van der Waals surface area contributed by atoms with Crippen LogP contribution < -0.4 is 0 Å². The Morgan fingerprint density at radius 1 is 0.474 bits per heavy atom. The van der Waals surface area contributed by atoms with Gasteiger partial charge in [-0.2, -0.15) is 0 Å². The van der Waals surface area contributed by atoms with Gasteiger partial charge in [-0.05, 0) is 17.8 Å². The maximum Gasteiger partial charge on any atom is 0.262 e. The first-order valence-electron chi connectivity index (χ1n) is 8.65. The van der Waals surface area contributed by atoms with Gasteiger partial charge in [0.2, 0.25) is 0 Å². The molecule has 0 saturated heterocycles. The Balaban J connectivity index is 4.54. The van der Waals surface area contributed by atoms with Crippen LogP contribution in [0.25, 0.3) is 0 Å². The van der Waals surface area contributed by atoms with Crippen molar-refractivity contribution in [2.75, 3.05) is 0 Å². The van der Waals surface area contributed by atoms with Crippen molar-refractivity contribution in [1.82, 2.24) is 0 Å². The van der Waals surface area contributed by atoms with Gasteiger partial charge in [-0.25, -0.2) is 0 Å². The summed E-state index contributed by atoms with van der Waals surface area (Å²) in [6.07, 6.45) is 0. The summed E-state index contributed by atoms with van der Waals surface area (Å²) in [4.78, 5) is 0. The molecule has 0 heterocycles. The first-order chi connectivity index (χ1) is 8.65. The Labute approximate surface area is 128 Å². The van der Waals surface area contributed by atoms with Crippen LogP contribution in [0.1, 0.15) is 62.3 Å². The van der Waals surface area contributed by atoms with Crippen molar-refractivity contribution >= 4 is 14.1 Å². The van der Waals surface area contributed by atoms with Crippen LogP contribution in [-0.2, 0) is 0 Å². The maximum absolute atomic E-state index is 2.48. The lowest BCUT2D eigenvalue weighted by molar-refractivity contribution is 0.421. The zero-order valence-corrected chi connectivity index (χ0v) is 16.3. The Bertz CT molecular complexity index is 182. The molecule has 0 nitrogen and oxygen atoms in total.